The van der Waals surface area contributed by atoms with Gasteiger partial charge < -0.3 is 9.47 Å². The number of imidazole rings is 1. The number of carbonyl (C=O) groups is 1. The van der Waals surface area contributed by atoms with Crippen molar-refractivity contribution in [3.05, 3.63) is 52.0 Å². The lowest BCUT2D eigenvalue weighted by molar-refractivity contribution is -0.134. The van der Waals surface area contributed by atoms with Crippen molar-refractivity contribution in [2.45, 2.75) is 44.9 Å². The standard InChI is InChI=1S/C20H23N5OS/c1-13-21-16-4-2-3-5-18(16)25(13)12-15-10-17(23-22-15)20(26)24-8-6-19-14(11-24)7-9-27-19/h2-5,7,9,15,17,22-23H,6,8,10-12H2,1H3. The summed E-state index contributed by atoms with van der Waals surface area (Å²) < 4.78 is 2.24. The van der Waals surface area contributed by atoms with Crippen LogP contribution in [0.1, 0.15) is 22.7 Å². The molecule has 0 radical (unpaired) electrons. The van der Waals surface area contributed by atoms with E-state index in [2.05, 4.69) is 37.9 Å². The maximum atomic E-state index is 13.0. The quantitative estimate of drug-likeness (QED) is 0.730. The second kappa shape index (κ2) is 6.74. The number of hydrogen-bond acceptors (Lipinski definition) is 5. The van der Waals surface area contributed by atoms with E-state index >= 15 is 0 Å². The number of thiophene rings is 1. The van der Waals surface area contributed by atoms with Gasteiger partial charge in [-0.1, -0.05) is 12.1 Å². The SMILES string of the molecule is Cc1nc2ccccc2n1CC1CC(C(=O)N2CCc3sccc3C2)NN1. The number of hydrogen-bond donors (Lipinski definition) is 2. The summed E-state index contributed by atoms with van der Waals surface area (Å²) in [5.41, 5.74) is 10.0. The zero-order valence-corrected chi connectivity index (χ0v) is 16.1. The molecule has 1 saturated heterocycles. The molecule has 27 heavy (non-hydrogen) atoms. The van der Waals surface area contributed by atoms with E-state index in [0.29, 0.717) is 0 Å². The number of hydrazine groups is 1. The Kier molecular flexibility index (Phi) is 4.22. The second-order valence-corrected chi connectivity index (χ2v) is 8.41. The first-order chi connectivity index (χ1) is 13.2. The summed E-state index contributed by atoms with van der Waals surface area (Å²) in [4.78, 5) is 21.0. The second-order valence-electron chi connectivity index (χ2n) is 7.41. The van der Waals surface area contributed by atoms with Gasteiger partial charge in [0.15, 0.2) is 0 Å². The van der Waals surface area contributed by atoms with E-state index in [9.17, 15) is 4.79 Å². The number of carbonyl (C=O) groups excluding carboxylic acids is 1. The molecule has 0 aliphatic carbocycles. The van der Waals surface area contributed by atoms with Crippen molar-refractivity contribution in [2.24, 2.45) is 0 Å². The molecule has 0 spiro atoms. The normalized spacial score (nSPS) is 22.3. The molecule has 2 aromatic heterocycles. The molecule has 1 amide bonds. The summed E-state index contributed by atoms with van der Waals surface area (Å²) in [5, 5.41) is 2.13. The number of nitrogens with one attached hydrogen (secondary N) is 2. The molecule has 6 nitrogen and oxygen atoms in total. The minimum atomic E-state index is -0.162. The summed E-state index contributed by atoms with van der Waals surface area (Å²) in [6, 6.07) is 10.4. The van der Waals surface area contributed by atoms with Crippen LogP contribution in [-0.4, -0.2) is 39.0 Å². The highest BCUT2D eigenvalue weighted by molar-refractivity contribution is 7.10. The van der Waals surface area contributed by atoms with Crippen molar-refractivity contribution >= 4 is 28.3 Å². The Bertz CT molecular complexity index is 993. The summed E-state index contributed by atoms with van der Waals surface area (Å²) in [5.74, 6) is 1.21. The van der Waals surface area contributed by atoms with Crippen LogP contribution in [0.4, 0.5) is 0 Å². The van der Waals surface area contributed by atoms with Gasteiger partial charge in [-0.3, -0.25) is 10.2 Å². The van der Waals surface area contributed by atoms with Crippen molar-refractivity contribution in [1.82, 2.24) is 25.3 Å². The van der Waals surface area contributed by atoms with Gasteiger partial charge in [0.2, 0.25) is 5.91 Å². The van der Waals surface area contributed by atoms with Crippen LogP contribution in [0.15, 0.2) is 35.7 Å². The maximum absolute atomic E-state index is 13.0. The minimum Gasteiger partial charge on any atom is -0.337 e. The molecule has 1 aromatic carbocycles. The molecule has 2 atom stereocenters. The monoisotopic (exact) mass is 381 g/mol. The Morgan fingerprint density at radius 2 is 2.19 bits per heavy atom. The smallest absolute Gasteiger partial charge is 0.241 e. The van der Waals surface area contributed by atoms with E-state index in [1.165, 1.54) is 10.4 Å². The van der Waals surface area contributed by atoms with Gasteiger partial charge in [0.1, 0.15) is 11.9 Å². The predicted molar refractivity (Wildman–Crippen MR) is 106 cm³/mol. The van der Waals surface area contributed by atoms with Crippen LogP contribution in [0.5, 0.6) is 0 Å². The fourth-order valence-electron chi connectivity index (χ4n) is 4.21. The third-order valence-corrected chi connectivity index (χ3v) is 6.67. The average molecular weight is 382 g/mol. The highest BCUT2D eigenvalue weighted by Gasteiger charge is 2.34. The Hall–Kier alpha value is -2.22. The zero-order valence-electron chi connectivity index (χ0n) is 15.3. The number of aryl methyl sites for hydroxylation is 1. The Morgan fingerprint density at radius 1 is 1.30 bits per heavy atom. The molecule has 2 N–H and O–H groups in total. The van der Waals surface area contributed by atoms with Crippen molar-refractivity contribution in [2.75, 3.05) is 6.54 Å². The van der Waals surface area contributed by atoms with E-state index in [0.717, 1.165) is 49.3 Å². The van der Waals surface area contributed by atoms with Crippen LogP contribution in [0.3, 0.4) is 0 Å². The molecule has 1 fully saturated rings. The number of aromatic nitrogens is 2. The topological polar surface area (TPSA) is 62.2 Å². The fourth-order valence-corrected chi connectivity index (χ4v) is 5.10. The van der Waals surface area contributed by atoms with Gasteiger partial charge in [0.25, 0.3) is 0 Å². The van der Waals surface area contributed by atoms with Crippen molar-refractivity contribution < 1.29 is 4.79 Å². The van der Waals surface area contributed by atoms with E-state index in [-0.39, 0.29) is 18.0 Å². The number of para-hydroxylation sites is 2. The van der Waals surface area contributed by atoms with Gasteiger partial charge in [-0.25, -0.2) is 10.4 Å². The Morgan fingerprint density at radius 3 is 3.11 bits per heavy atom. The molecule has 5 rings (SSSR count). The molecule has 140 valence electrons. The highest BCUT2D eigenvalue weighted by Crippen LogP contribution is 2.25. The number of rotatable bonds is 3. The van der Waals surface area contributed by atoms with Crippen LogP contribution in [0.25, 0.3) is 11.0 Å². The molecule has 3 aromatic rings. The van der Waals surface area contributed by atoms with E-state index < -0.39 is 0 Å². The molecule has 2 unspecified atom stereocenters. The lowest BCUT2D eigenvalue weighted by Crippen LogP contribution is -2.47. The van der Waals surface area contributed by atoms with Gasteiger partial charge in [-0.05, 0) is 48.9 Å². The summed E-state index contributed by atoms with van der Waals surface area (Å²) in [6.45, 7) is 4.40. The Labute approximate surface area is 162 Å². The van der Waals surface area contributed by atoms with E-state index in [1.807, 2.05) is 30.0 Å². The molecule has 0 bridgehead atoms. The van der Waals surface area contributed by atoms with Crippen molar-refractivity contribution in [3.8, 4) is 0 Å². The van der Waals surface area contributed by atoms with Gasteiger partial charge in [-0.15, -0.1) is 11.3 Å². The molecular formula is C20H23N5OS. The summed E-state index contributed by atoms with van der Waals surface area (Å²) in [7, 11) is 0. The van der Waals surface area contributed by atoms with Gasteiger partial charge >= 0.3 is 0 Å². The Balaban J connectivity index is 1.26. The van der Waals surface area contributed by atoms with Crippen LogP contribution < -0.4 is 10.9 Å². The summed E-state index contributed by atoms with van der Waals surface area (Å²) in [6.07, 6.45) is 1.76. The van der Waals surface area contributed by atoms with E-state index in [4.69, 9.17) is 0 Å². The first-order valence-electron chi connectivity index (χ1n) is 9.46. The minimum absolute atomic E-state index is 0.162. The third kappa shape index (κ3) is 3.05. The average Bonchev–Trinajstić information content (AvgIpc) is 3.40. The van der Waals surface area contributed by atoms with Crippen LogP contribution in [0, 0.1) is 6.92 Å². The third-order valence-electron chi connectivity index (χ3n) is 5.65. The van der Waals surface area contributed by atoms with Gasteiger partial charge in [0.05, 0.1) is 11.0 Å². The van der Waals surface area contributed by atoms with Crippen LogP contribution in [-0.2, 0) is 24.3 Å². The first kappa shape index (κ1) is 16.9. The summed E-state index contributed by atoms with van der Waals surface area (Å²) >= 11 is 1.80. The van der Waals surface area contributed by atoms with Crippen LogP contribution >= 0.6 is 11.3 Å². The molecule has 2 aliphatic rings. The number of fused-ring (bicyclic) bond motifs is 2. The largest absolute Gasteiger partial charge is 0.337 e. The van der Waals surface area contributed by atoms with Crippen molar-refractivity contribution in [3.63, 3.8) is 0 Å². The van der Waals surface area contributed by atoms with E-state index in [1.54, 1.807) is 11.3 Å². The van der Waals surface area contributed by atoms with Crippen molar-refractivity contribution in [1.29, 1.82) is 0 Å². The fraction of sp³-hybridized carbons (Fsp3) is 0.400. The molecule has 7 heteroatoms. The first-order valence-corrected chi connectivity index (χ1v) is 10.3. The molecular weight excluding hydrogens is 358 g/mol. The zero-order chi connectivity index (χ0) is 18.4. The lowest BCUT2D eigenvalue weighted by Gasteiger charge is -2.29. The number of amides is 1. The molecule has 2 aliphatic heterocycles. The predicted octanol–water partition coefficient (Wildman–Crippen LogP) is 2.23. The molecule has 0 saturated carbocycles. The van der Waals surface area contributed by atoms with Gasteiger partial charge in [-0.2, -0.15) is 0 Å². The van der Waals surface area contributed by atoms with Gasteiger partial charge in [0, 0.05) is 30.6 Å². The maximum Gasteiger partial charge on any atom is 0.241 e. The number of benzene rings is 1. The van der Waals surface area contributed by atoms with Crippen LogP contribution in [0.2, 0.25) is 0 Å². The number of nitrogens with zero attached hydrogens (tertiary/aromatic N) is 3. The molecule has 4 heterocycles. The lowest BCUT2D eigenvalue weighted by atomic mass is 10.1. The highest BCUT2D eigenvalue weighted by atomic mass is 32.1.